The van der Waals surface area contributed by atoms with Gasteiger partial charge in [-0.1, -0.05) is 52.0 Å². The number of Topliss-reactive ketones (excluding diaryl/α,β-unsaturated/α-hetero) is 2. The number of aromatic nitrogens is 2. The lowest BCUT2D eigenvalue weighted by molar-refractivity contribution is -0.160. The summed E-state index contributed by atoms with van der Waals surface area (Å²) in [5, 5.41) is 2.83. The maximum Gasteiger partial charge on any atom is 0.307 e. The van der Waals surface area contributed by atoms with Crippen LogP contribution in [0.25, 0.3) is 21.5 Å². The van der Waals surface area contributed by atoms with Gasteiger partial charge in [0.05, 0.1) is 82.4 Å². The van der Waals surface area contributed by atoms with E-state index in [9.17, 15) is 45.6 Å². The Morgan fingerprint density at radius 2 is 0.946 bits per heavy atom. The maximum absolute atomic E-state index is 15.1. The smallest absolute Gasteiger partial charge is 0.307 e. The van der Waals surface area contributed by atoms with Gasteiger partial charge in [0.25, 0.3) is 0 Å². The van der Waals surface area contributed by atoms with Crippen LogP contribution in [-0.2, 0) is 67.9 Å². The molecule has 0 bridgehead atoms. The number of benzene rings is 2. The Kier molecular flexibility index (Phi) is 20.5. The van der Waals surface area contributed by atoms with Crippen LogP contribution in [0.4, 0.5) is 0 Å². The number of fused-ring (bicyclic) bond motifs is 6. The number of hydrogen-bond donors (Lipinski definition) is 2. The fraction of sp³-hybridized carbons (Fsp3) is 0.651. The summed E-state index contributed by atoms with van der Waals surface area (Å²) in [5.74, 6) is -8.66. The summed E-state index contributed by atoms with van der Waals surface area (Å²) in [7, 11) is -8.08. The van der Waals surface area contributed by atoms with Crippen molar-refractivity contribution in [3.63, 3.8) is 0 Å². The van der Waals surface area contributed by atoms with Crippen LogP contribution in [0.5, 0.6) is 23.3 Å². The van der Waals surface area contributed by atoms with E-state index in [1.165, 1.54) is 9.80 Å². The molecular weight excluding hydrogens is 1470 g/mol. The molecule has 0 spiro atoms. The first-order valence-electron chi connectivity index (χ1n) is 45.4. The number of rotatable bonds is 18. The summed E-state index contributed by atoms with van der Waals surface area (Å²) in [6.07, 6.45) is 12.3. The maximum atomic E-state index is 15.1. The van der Waals surface area contributed by atoms with Crippen LogP contribution in [0.1, 0.15) is 243 Å². The van der Waals surface area contributed by atoms with Crippen LogP contribution in [0.3, 0.4) is 0 Å². The van der Waals surface area contributed by atoms with Crippen molar-refractivity contribution in [1.29, 1.82) is 0 Å². The molecule has 2 aromatic heterocycles. The fourth-order valence-corrected chi connectivity index (χ4v) is 19.2. The third-order valence-corrected chi connectivity index (χ3v) is 28.0. The number of ether oxygens (including phenoxy) is 6. The van der Waals surface area contributed by atoms with Crippen LogP contribution in [0.15, 0.2) is 85.2 Å². The zero-order chi connectivity index (χ0) is 91.6. The largest absolute Gasteiger partial charge is 0.491 e. The highest BCUT2D eigenvalue weighted by molar-refractivity contribution is 7.92. The highest BCUT2D eigenvalue weighted by Gasteiger charge is 2.65. The van der Waals surface area contributed by atoms with Gasteiger partial charge in [0.2, 0.25) is 55.4 Å². The lowest BCUT2D eigenvalue weighted by Crippen LogP contribution is -2.48. The molecule has 4 aliphatic heterocycles. The quantitative estimate of drug-likeness (QED) is 0.0690. The molecule has 24 nitrogen and oxygen atoms in total. The highest BCUT2D eigenvalue weighted by Crippen LogP contribution is 2.59. The molecule has 14 atom stereocenters. The molecule has 4 saturated carbocycles. The molecule has 26 heteroatoms. The van der Waals surface area contributed by atoms with Crippen molar-refractivity contribution in [3.8, 4) is 23.3 Å². The van der Waals surface area contributed by atoms with E-state index in [4.69, 9.17) is 44.9 Å². The first-order valence-corrected chi connectivity index (χ1v) is 42.4. The van der Waals surface area contributed by atoms with Crippen LogP contribution in [-0.4, -0.2) is 154 Å². The fourth-order valence-electron chi connectivity index (χ4n) is 16.5. The van der Waals surface area contributed by atoms with Gasteiger partial charge >= 0.3 is 11.9 Å². The number of nitrogens with one attached hydrogen (secondary N) is 2. The van der Waals surface area contributed by atoms with E-state index in [1.54, 1.807) is 76.5 Å². The number of hydrogen-bond acceptors (Lipinski definition) is 20. The molecule has 2 N–H and O–H groups in total. The van der Waals surface area contributed by atoms with Gasteiger partial charge in [0.15, 0.2) is 11.6 Å². The zero-order valence-electron chi connectivity index (χ0n) is 78.3. The first-order chi connectivity index (χ1) is 57.4. The van der Waals surface area contributed by atoms with E-state index in [-0.39, 0.29) is 87.4 Å². The molecule has 2 aromatic carbocycles. The Morgan fingerprint density at radius 1 is 0.571 bits per heavy atom. The van der Waals surface area contributed by atoms with E-state index in [0.717, 1.165) is 24.6 Å². The Bertz CT molecular complexity index is 4700. The van der Waals surface area contributed by atoms with Crippen molar-refractivity contribution < 1.29 is 100 Å². The van der Waals surface area contributed by atoms with Gasteiger partial charge in [0, 0.05) is 65.3 Å². The number of ketones is 2. The molecule has 4 aromatic rings. The Hall–Kier alpha value is -8.00. The summed E-state index contributed by atoms with van der Waals surface area (Å²) >= 11 is 0. The van der Waals surface area contributed by atoms with E-state index >= 15 is 9.59 Å². The number of pyridine rings is 2. The molecule has 4 aliphatic carbocycles. The Morgan fingerprint density at radius 3 is 1.29 bits per heavy atom. The van der Waals surface area contributed by atoms with Gasteiger partial charge < -0.3 is 38.2 Å². The molecule has 0 unspecified atom stereocenters. The Labute approximate surface area is 678 Å². The van der Waals surface area contributed by atoms with Crippen LogP contribution in [0, 0.1) is 58.2 Å². The van der Waals surface area contributed by atoms with Gasteiger partial charge in [0.1, 0.15) is 34.9 Å². The number of carbonyl (C=O) groups excluding carboxylic acids is 8. The van der Waals surface area contributed by atoms with E-state index in [0.29, 0.717) is 86.5 Å². The number of amides is 4. The van der Waals surface area contributed by atoms with Gasteiger partial charge in [-0.05, 0) is 255 Å². The van der Waals surface area contributed by atoms with Crippen molar-refractivity contribution in [2.45, 2.75) is 283 Å². The average Bonchev–Trinajstić information content (AvgIpc) is 1.55. The minimum absolute atomic E-state index is 0.00813. The van der Waals surface area contributed by atoms with Crippen molar-refractivity contribution in [1.82, 2.24) is 29.2 Å². The average molecular weight is 1600 g/mol. The number of allylic oxidation sites excluding steroid dienone is 4. The van der Waals surface area contributed by atoms with E-state index in [1.807, 2.05) is 78.0 Å². The monoisotopic (exact) mass is 1600 g/mol. The minimum atomic E-state index is -4.04. The van der Waals surface area contributed by atoms with Crippen LogP contribution in [0.2, 0.25) is 0 Å². The third kappa shape index (κ3) is 20.0. The number of sulfonamides is 2. The predicted molar refractivity (Wildman–Crippen MR) is 424 cm³/mol. The van der Waals surface area contributed by atoms with Gasteiger partial charge in [-0.25, -0.2) is 26.8 Å². The molecule has 2 saturated heterocycles. The molecule has 112 heavy (non-hydrogen) atoms. The molecule has 12 rings (SSSR count). The van der Waals surface area contributed by atoms with Crippen molar-refractivity contribution >= 4 is 88.7 Å². The Balaban J connectivity index is 0.000000241. The molecule has 6 heterocycles. The lowest BCUT2D eigenvalue weighted by atomic mass is 9.82. The molecule has 8 aliphatic rings. The van der Waals surface area contributed by atoms with Gasteiger partial charge in [-0.2, -0.15) is 0 Å². The SMILES string of the molecule is [2H]C([2H])([2H])C(C)(OC(=O)C[C@@H]1C(=O)N2C[C@H](Oc3nccc4cc(OC(C)C)ccc34)C[C@H]2C(=O)C[C@]2(C(=O)NS(=O)(=O)C3(C)CC3)C[C@H]2/C=C\CC[C@@H](C)C[C@H]1C)C([2H])([2H])[2H].[2H]C([2H])([2H])C(C)(OC(=O)C[C@@H]1C(=O)N2C[C@H](Oc3nccc4cc(OC(C)C)ccc34)C[C@H]2C(=O)C[C@]2(C(=O)NS(=O)(=O)C3(C)CC3)C[C@H]2/C=C\CC[C@H](C)C[C@H]1C)C([2H])([2H])[2H]. The standard InChI is InChI=1S/2C43H59N3O9S/c2*1-26(2)53-31-13-14-33-29(20-31)15-18-44-38(33)54-32-21-35-36(47)24-43(40(50)45-56(51,52)42(8)16-17-42)23-30(43)12-10-9-11-27(3)19-28(4)34(39(49)46(35)25-32)22-37(48)55-41(5,6)7/h2*10,12-15,18,20,26-28,30,32,34-35H,9,11,16-17,19,21-25H2,1-8H3,(H,45,50)/b2*12-10-/t27-,28+,30+,32+,34-,35-,43+;27-,28-,30-,32-,34+,35+,43-/m01/s1/i2*5D3,6D3. The zero-order valence-corrected chi connectivity index (χ0v) is 67.9. The number of nitrogens with zero attached hydrogens (tertiary/aromatic N) is 4. The topological polar surface area (TPSA) is 317 Å². The third-order valence-electron chi connectivity index (χ3n) is 23.7. The summed E-state index contributed by atoms with van der Waals surface area (Å²) in [4.78, 5) is 127. The van der Waals surface area contributed by atoms with E-state index in [2.05, 4.69) is 19.4 Å². The summed E-state index contributed by atoms with van der Waals surface area (Å²) in [5.41, 5.74) is -8.52. The van der Waals surface area contributed by atoms with Gasteiger partial charge in [-0.3, -0.25) is 47.8 Å². The second kappa shape index (κ2) is 33.1. The van der Waals surface area contributed by atoms with Crippen LogP contribution < -0.4 is 28.4 Å². The first kappa shape index (κ1) is 69.5. The molecule has 0 radical (unpaired) electrons. The van der Waals surface area contributed by atoms with Gasteiger partial charge in [-0.15, -0.1) is 0 Å². The highest BCUT2D eigenvalue weighted by atomic mass is 32.2. The van der Waals surface area contributed by atoms with Crippen molar-refractivity contribution in [2.24, 2.45) is 58.2 Å². The predicted octanol–water partition coefficient (Wildman–Crippen LogP) is 13.4. The van der Waals surface area contributed by atoms with E-state index < -0.39 is 199 Å². The second-order valence-electron chi connectivity index (χ2n) is 34.6. The number of esters is 2. The molecular formula is C86H118N6O18S2. The summed E-state index contributed by atoms with van der Waals surface area (Å²) < 4.78 is 186. The molecule has 6 fully saturated rings. The lowest BCUT2D eigenvalue weighted by Gasteiger charge is -2.32. The normalized spacial score (nSPS) is 32.1. The minimum Gasteiger partial charge on any atom is -0.491 e. The second-order valence-corrected chi connectivity index (χ2v) is 39.0. The number of carbonyl (C=O) groups is 8. The van der Waals surface area contributed by atoms with Crippen molar-refractivity contribution in [2.75, 3.05) is 13.1 Å². The summed E-state index contributed by atoms with van der Waals surface area (Å²) in [6, 6.07) is 12.1. The molecule has 4 amide bonds. The summed E-state index contributed by atoms with van der Waals surface area (Å²) in [6.45, 7) is 6.77. The van der Waals surface area contributed by atoms with Crippen molar-refractivity contribution in [3.05, 3.63) is 85.2 Å². The molecule has 612 valence electrons. The van der Waals surface area contributed by atoms with Crippen LogP contribution >= 0.6 is 0 Å².